The molecule has 2 atom stereocenters. The summed E-state index contributed by atoms with van der Waals surface area (Å²) in [6.07, 6.45) is 5.40. The molecule has 2 fully saturated rings. The molecular weight excluding hydrogens is 214 g/mol. The molecule has 3 heteroatoms. The summed E-state index contributed by atoms with van der Waals surface area (Å²) in [5.74, 6) is 0.790. The summed E-state index contributed by atoms with van der Waals surface area (Å²) in [4.78, 5) is 0. The van der Waals surface area contributed by atoms with Crippen LogP contribution < -0.4 is 5.32 Å². The Kier molecular flexibility index (Phi) is 4.45. The van der Waals surface area contributed by atoms with E-state index in [1.165, 1.54) is 25.7 Å². The fourth-order valence-corrected chi connectivity index (χ4v) is 2.95. The molecule has 0 aromatic heterocycles. The van der Waals surface area contributed by atoms with E-state index in [1.807, 2.05) is 0 Å². The molecule has 0 aromatic carbocycles. The smallest absolute Gasteiger partial charge is 0.105 e. The van der Waals surface area contributed by atoms with Crippen LogP contribution in [0.5, 0.6) is 0 Å². The van der Waals surface area contributed by atoms with Crippen LogP contribution in [0.3, 0.4) is 0 Å². The zero-order valence-electron chi connectivity index (χ0n) is 11.5. The molecule has 2 rings (SSSR count). The fraction of sp³-hybridized carbons (Fsp3) is 1.00. The van der Waals surface area contributed by atoms with Crippen molar-refractivity contribution in [3.8, 4) is 0 Å². The quantitative estimate of drug-likeness (QED) is 0.801. The first-order chi connectivity index (χ1) is 8.10. The lowest BCUT2D eigenvalue weighted by Crippen LogP contribution is -2.53. The van der Waals surface area contributed by atoms with Crippen molar-refractivity contribution in [2.45, 2.75) is 64.2 Å². The Morgan fingerprint density at radius 3 is 2.71 bits per heavy atom. The zero-order valence-corrected chi connectivity index (χ0v) is 11.5. The second kappa shape index (κ2) is 5.68. The van der Waals surface area contributed by atoms with Gasteiger partial charge in [0.1, 0.15) is 6.10 Å². The first-order valence-electron chi connectivity index (χ1n) is 7.09. The first kappa shape index (κ1) is 13.3. The lowest BCUT2D eigenvalue weighted by Gasteiger charge is -2.44. The largest absolute Gasteiger partial charge is 0.376 e. The highest BCUT2D eigenvalue weighted by molar-refractivity contribution is 4.91. The second-order valence-corrected chi connectivity index (χ2v) is 6.20. The number of hydrogen-bond acceptors (Lipinski definition) is 3. The Labute approximate surface area is 105 Å². The van der Waals surface area contributed by atoms with Crippen molar-refractivity contribution in [1.82, 2.24) is 5.32 Å². The van der Waals surface area contributed by atoms with E-state index < -0.39 is 0 Å². The molecule has 0 radical (unpaired) electrons. The van der Waals surface area contributed by atoms with Crippen molar-refractivity contribution >= 4 is 0 Å². The third-order valence-corrected chi connectivity index (χ3v) is 3.91. The summed E-state index contributed by atoms with van der Waals surface area (Å²) in [5.41, 5.74) is 0.0659. The van der Waals surface area contributed by atoms with Crippen LogP contribution >= 0.6 is 0 Å². The standard InChI is InChI=1S/C14H27NO2/c1-11(2)15-10-14(17-13-8-16-9-13)6-4-5-12(3)7-14/h11-13,15H,4-10H2,1-3H3. The molecule has 1 N–H and O–H groups in total. The average Bonchev–Trinajstić information content (AvgIpc) is 2.21. The molecule has 2 aliphatic rings. The molecule has 1 aliphatic carbocycles. The van der Waals surface area contributed by atoms with E-state index in [0.717, 1.165) is 25.7 Å². The van der Waals surface area contributed by atoms with Crippen molar-refractivity contribution < 1.29 is 9.47 Å². The average molecular weight is 241 g/mol. The maximum Gasteiger partial charge on any atom is 0.105 e. The first-order valence-corrected chi connectivity index (χ1v) is 7.09. The van der Waals surface area contributed by atoms with Gasteiger partial charge in [0.2, 0.25) is 0 Å². The molecule has 17 heavy (non-hydrogen) atoms. The van der Waals surface area contributed by atoms with E-state index >= 15 is 0 Å². The van der Waals surface area contributed by atoms with Crippen molar-refractivity contribution in [2.24, 2.45) is 5.92 Å². The van der Waals surface area contributed by atoms with Crippen LogP contribution in [0.4, 0.5) is 0 Å². The van der Waals surface area contributed by atoms with Crippen LogP contribution in [0, 0.1) is 5.92 Å². The molecule has 3 nitrogen and oxygen atoms in total. The van der Waals surface area contributed by atoms with Crippen LogP contribution in [0.1, 0.15) is 46.5 Å². The van der Waals surface area contributed by atoms with Crippen molar-refractivity contribution in [3.05, 3.63) is 0 Å². The monoisotopic (exact) mass is 241 g/mol. The van der Waals surface area contributed by atoms with E-state index in [2.05, 4.69) is 26.1 Å². The number of nitrogens with one attached hydrogen (secondary N) is 1. The minimum absolute atomic E-state index is 0.0659. The van der Waals surface area contributed by atoms with Gasteiger partial charge in [-0.1, -0.05) is 33.6 Å². The summed E-state index contributed by atoms with van der Waals surface area (Å²) < 4.78 is 11.6. The third kappa shape index (κ3) is 3.67. The molecule has 100 valence electrons. The van der Waals surface area contributed by atoms with Gasteiger partial charge in [-0.2, -0.15) is 0 Å². The predicted octanol–water partition coefficient (Wildman–Crippen LogP) is 2.35. The van der Waals surface area contributed by atoms with Crippen LogP contribution in [0.25, 0.3) is 0 Å². The maximum absolute atomic E-state index is 6.35. The molecule has 1 heterocycles. The highest BCUT2D eigenvalue weighted by Gasteiger charge is 2.39. The Bertz CT molecular complexity index is 240. The lowest BCUT2D eigenvalue weighted by atomic mass is 9.78. The fourth-order valence-electron chi connectivity index (χ4n) is 2.95. The van der Waals surface area contributed by atoms with Gasteiger partial charge in [0, 0.05) is 12.6 Å². The summed E-state index contributed by atoms with van der Waals surface area (Å²) in [7, 11) is 0. The SMILES string of the molecule is CC1CCCC(CNC(C)C)(OC2COC2)C1. The van der Waals surface area contributed by atoms with Gasteiger partial charge in [0.25, 0.3) is 0 Å². The molecule has 1 aliphatic heterocycles. The Balaban J connectivity index is 1.93. The number of ether oxygens (including phenoxy) is 2. The third-order valence-electron chi connectivity index (χ3n) is 3.91. The summed E-state index contributed by atoms with van der Waals surface area (Å²) >= 11 is 0. The van der Waals surface area contributed by atoms with E-state index in [4.69, 9.17) is 9.47 Å². The highest BCUT2D eigenvalue weighted by Crippen LogP contribution is 2.36. The summed E-state index contributed by atoms with van der Waals surface area (Å²) in [6.45, 7) is 9.32. The van der Waals surface area contributed by atoms with Gasteiger partial charge in [-0.05, 0) is 18.8 Å². The summed E-state index contributed by atoms with van der Waals surface area (Å²) in [6, 6.07) is 0.533. The van der Waals surface area contributed by atoms with Gasteiger partial charge in [-0.25, -0.2) is 0 Å². The van der Waals surface area contributed by atoms with E-state index in [1.54, 1.807) is 0 Å². The zero-order chi connectivity index (χ0) is 12.3. The van der Waals surface area contributed by atoms with Gasteiger partial charge in [0.05, 0.1) is 18.8 Å². The van der Waals surface area contributed by atoms with Crippen LogP contribution in [-0.2, 0) is 9.47 Å². The van der Waals surface area contributed by atoms with E-state index in [-0.39, 0.29) is 5.60 Å². The Morgan fingerprint density at radius 2 is 2.18 bits per heavy atom. The molecule has 1 saturated heterocycles. The Hall–Kier alpha value is -0.120. The minimum Gasteiger partial charge on any atom is -0.376 e. The lowest BCUT2D eigenvalue weighted by molar-refractivity contribution is -0.204. The molecule has 0 aromatic rings. The van der Waals surface area contributed by atoms with Crippen LogP contribution in [0.15, 0.2) is 0 Å². The van der Waals surface area contributed by atoms with Crippen molar-refractivity contribution in [1.29, 1.82) is 0 Å². The molecule has 0 bridgehead atoms. The number of hydrogen-bond donors (Lipinski definition) is 1. The molecular formula is C14H27NO2. The van der Waals surface area contributed by atoms with Crippen molar-refractivity contribution in [3.63, 3.8) is 0 Å². The highest BCUT2D eigenvalue weighted by atomic mass is 16.6. The van der Waals surface area contributed by atoms with Gasteiger partial charge in [-0.3, -0.25) is 0 Å². The van der Waals surface area contributed by atoms with Crippen LogP contribution in [-0.4, -0.2) is 37.5 Å². The minimum atomic E-state index is 0.0659. The topological polar surface area (TPSA) is 30.5 Å². The van der Waals surface area contributed by atoms with E-state index in [0.29, 0.717) is 12.1 Å². The molecule has 2 unspecified atom stereocenters. The van der Waals surface area contributed by atoms with Crippen LogP contribution in [0.2, 0.25) is 0 Å². The van der Waals surface area contributed by atoms with Gasteiger partial charge >= 0.3 is 0 Å². The summed E-state index contributed by atoms with van der Waals surface area (Å²) in [5, 5.41) is 3.56. The van der Waals surface area contributed by atoms with E-state index in [9.17, 15) is 0 Å². The number of rotatable bonds is 5. The normalized spacial score (nSPS) is 34.9. The Morgan fingerprint density at radius 1 is 1.41 bits per heavy atom. The predicted molar refractivity (Wildman–Crippen MR) is 69.2 cm³/mol. The molecule has 0 spiro atoms. The van der Waals surface area contributed by atoms with Crippen molar-refractivity contribution in [2.75, 3.05) is 19.8 Å². The molecule has 0 amide bonds. The van der Waals surface area contributed by atoms with Gasteiger partial charge in [-0.15, -0.1) is 0 Å². The van der Waals surface area contributed by atoms with Gasteiger partial charge < -0.3 is 14.8 Å². The maximum atomic E-state index is 6.35. The molecule has 1 saturated carbocycles. The second-order valence-electron chi connectivity index (χ2n) is 6.20. The van der Waals surface area contributed by atoms with Gasteiger partial charge in [0.15, 0.2) is 0 Å².